The van der Waals surface area contributed by atoms with Crippen LogP contribution in [0.25, 0.3) is 0 Å². The Balaban J connectivity index is 2.17. The Kier molecular flexibility index (Phi) is 4.37. The molecule has 0 radical (unpaired) electrons. The second-order valence-corrected chi connectivity index (χ2v) is 4.89. The summed E-state index contributed by atoms with van der Waals surface area (Å²) in [6, 6.07) is 3.72. The lowest BCUT2D eigenvalue weighted by atomic mass is 9.90. The Labute approximate surface area is 112 Å². The predicted octanol–water partition coefficient (Wildman–Crippen LogP) is 1.87. The molecule has 1 fully saturated rings. The number of nitrogens with zero attached hydrogens (tertiary/aromatic N) is 1. The zero-order chi connectivity index (χ0) is 13.8. The van der Waals surface area contributed by atoms with Crippen LogP contribution in [0.4, 0.5) is 4.39 Å². The van der Waals surface area contributed by atoms with Gasteiger partial charge in [0.2, 0.25) is 0 Å². The molecule has 5 heteroatoms. The van der Waals surface area contributed by atoms with Crippen molar-refractivity contribution >= 4 is 5.91 Å². The van der Waals surface area contributed by atoms with Crippen LogP contribution in [-0.4, -0.2) is 35.0 Å². The topological polar surface area (TPSA) is 66.6 Å². The average Bonchev–Trinajstić information content (AvgIpc) is 2.31. The molecule has 0 atom stereocenters. The van der Waals surface area contributed by atoms with E-state index in [0.717, 1.165) is 31.7 Å². The van der Waals surface area contributed by atoms with E-state index in [0.29, 0.717) is 13.1 Å². The van der Waals surface area contributed by atoms with Gasteiger partial charge in [-0.2, -0.15) is 0 Å². The molecule has 0 aliphatic heterocycles. The summed E-state index contributed by atoms with van der Waals surface area (Å²) in [6.07, 6.45) is 3.81. The SMILES string of the molecule is NCCCN(C(=O)c1ccc(F)cc1O)C1CCC1. The van der Waals surface area contributed by atoms with E-state index in [9.17, 15) is 14.3 Å². The van der Waals surface area contributed by atoms with Crippen molar-refractivity contribution in [1.82, 2.24) is 4.90 Å². The van der Waals surface area contributed by atoms with Crippen LogP contribution in [0.1, 0.15) is 36.0 Å². The van der Waals surface area contributed by atoms with Gasteiger partial charge < -0.3 is 15.7 Å². The monoisotopic (exact) mass is 266 g/mol. The largest absolute Gasteiger partial charge is 0.507 e. The van der Waals surface area contributed by atoms with Crippen LogP contribution in [0, 0.1) is 5.82 Å². The zero-order valence-corrected chi connectivity index (χ0v) is 10.8. The van der Waals surface area contributed by atoms with E-state index < -0.39 is 5.82 Å². The summed E-state index contributed by atoms with van der Waals surface area (Å²) >= 11 is 0. The summed E-state index contributed by atoms with van der Waals surface area (Å²) in [6.45, 7) is 1.10. The molecule has 0 aromatic heterocycles. The van der Waals surface area contributed by atoms with Gasteiger partial charge in [-0.25, -0.2) is 4.39 Å². The zero-order valence-electron chi connectivity index (χ0n) is 10.8. The van der Waals surface area contributed by atoms with Crippen molar-refractivity contribution in [2.24, 2.45) is 5.73 Å². The molecular weight excluding hydrogens is 247 g/mol. The number of rotatable bonds is 5. The fourth-order valence-electron chi connectivity index (χ4n) is 2.25. The lowest BCUT2D eigenvalue weighted by Gasteiger charge is -2.37. The molecule has 19 heavy (non-hydrogen) atoms. The first-order valence-electron chi connectivity index (χ1n) is 6.63. The molecule has 3 N–H and O–H groups in total. The van der Waals surface area contributed by atoms with E-state index >= 15 is 0 Å². The number of benzene rings is 1. The number of hydrogen-bond donors (Lipinski definition) is 2. The van der Waals surface area contributed by atoms with Crippen molar-refractivity contribution in [2.75, 3.05) is 13.1 Å². The van der Waals surface area contributed by atoms with Crippen molar-refractivity contribution in [2.45, 2.75) is 31.7 Å². The summed E-state index contributed by atoms with van der Waals surface area (Å²) in [5, 5.41) is 9.70. The first kappa shape index (κ1) is 13.8. The minimum absolute atomic E-state index is 0.158. The Morgan fingerprint density at radius 2 is 2.21 bits per heavy atom. The predicted molar refractivity (Wildman–Crippen MR) is 70.4 cm³/mol. The lowest BCUT2D eigenvalue weighted by Crippen LogP contribution is -2.45. The third-order valence-corrected chi connectivity index (χ3v) is 3.57. The van der Waals surface area contributed by atoms with E-state index in [2.05, 4.69) is 0 Å². The molecule has 0 unspecified atom stereocenters. The number of hydrogen-bond acceptors (Lipinski definition) is 3. The number of amides is 1. The number of phenols is 1. The summed E-state index contributed by atoms with van der Waals surface area (Å²) in [5.74, 6) is -1.09. The van der Waals surface area contributed by atoms with E-state index in [-0.39, 0.29) is 23.3 Å². The second-order valence-electron chi connectivity index (χ2n) is 4.89. The van der Waals surface area contributed by atoms with E-state index in [1.54, 1.807) is 4.90 Å². The van der Waals surface area contributed by atoms with Gasteiger partial charge in [0.25, 0.3) is 5.91 Å². The van der Waals surface area contributed by atoms with E-state index in [1.165, 1.54) is 12.1 Å². The first-order chi connectivity index (χ1) is 9.13. The van der Waals surface area contributed by atoms with Crippen LogP contribution in [0.15, 0.2) is 18.2 Å². The summed E-state index contributed by atoms with van der Waals surface area (Å²) in [5.41, 5.74) is 5.65. The van der Waals surface area contributed by atoms with Gasteiger partial charge in [-0.1, -0.05) is 0 Å². The van der Waals surface area contributed by atoms with Gasteiger partial charge in [-0.15, -0.1) is 0 Å². The smallest absolute Gasteiger partial charge is 0.257 e. The van der Waals surface area contributed by atoms with Crippen molar-refractivity contribution in [3.05, 3.63) is 29.6 Å². The second kappa shape index (κ2) is 6.02. The maximum Gasteiger partial charge on any atom is 0.257 e. The normalized spacial score (nSPS) is 15.1. The number of halogens is 1. The van der Waals surface area contributed by atoms with Gasteiger partial charge in [-0.3, -0.25) is 4.79 Å². The molecule has 1 aromatic rings. The molecule has 0 spiro atoms. The highest BCUT2D eigenvalue weighted by atomic mass is 19.1. The molecule has 0 saturated heterocycles. The standard InChI is InChI=1S/C14H19FN2O2/c15-10-5-6-12(13(18)9-10)14(19)17(8-2-7-16)11-3-1-4-11/h5-6,9,11,18H,1-4,7-8,16H2. The van der Waals surface area contributed by atoms with Crippen LogP contribution in [0.2, 0.25) is 0 Å². The van der Waals surface area contributed by atoms with Gasteiger partial charge in [0.05, 0.1) is 5.56 Å². The van der Waals surface area contributed by atoms with Gasteiger partial charge in [0, 0.05) is 18.7 Å². The summed E-state index contributed by atoms with van der Waals surface area (Å²) in [7, 11) is 0. The fourth-order valence-corrected chi connectivity index (χ4v) is 2.25. The molecule has 0 bridgehead atoms. The van der Waals surface area contributed by atoms with E-state index in [4.69, 9.17) is 5.73 Å². The molecule has 1 aliphatic rings. The van der Waals surface area contributed by atoms with Gasteiger partial charge >= 0.3 is 0 Å². The van der Waals surface area contributed by atoms with Crippen LogP contribution >= 0.6 is 0 Å². The molecular formula is C14H19FN2O2. The fraction of sp³-hybridized carbons (Fsp3) is 0.500. The minimum atomic E-state index is -0.550. The average molecular weight is 266 g/mol. The number of nitrogens with two attached hydrogens (primary N) is 1. The number of aromatic hydroxyl groups is 1. The Morgan fingerprint density at radius 1 is 1.47 bits per heavy atom. The highest BCUT2D eigenvalue weighted by Gasteiger charge is 2.30. The maximum atomic E-state index is 12.9. The molecule has 1 aromatic carbocycles. The molecule has 1 saturated carbocycles. The molecule has 0 heterocycles. The Bertz CT molecular complexity index is 461. The van der Waals surface area contributed by atoms with E-state index in [1.807, 2.05) is 0 Å². The van der Waals surface area contributed by atoms with Crippen molar-refractivity contribution < 1.29 is 14.3 Å². The molecule has 1 amide bonds. The van der Waals surface area contributed by atoms with Crippen molar-refractivity contribution in [1.29, 1.82) is 0 Å². The van der Waals surface area contributed by atoms with Gasteiger partial charge in [0.1, 0.15) is 11.6 Å². The summed E-state index contributed by atoms with van der Waals surface area (Å²) < 4.78 is 12.9. The van der Waals surface area contributed by atoms with Crippen LogP contribution in [-0.2, 0) is 0 Å². The number of phenolic OH excluding ortho intramolecular Hbond substituents is 1. The van der Waals surface area contributed by atoms with Gasteiger partial charge in [0.15, 0.2) is 0 Å². The minimum Gasteiger partial charge on any atom is -0.507 e. The molecule has 1 aliphatic carbocycles. The van der Waals surface area contributed by atoms with Crippen LogP contribution < -0.4 is 5.73 Å². The lowest BCUT2D eigenvalue weighted by molar-refractivity contribution is 0.0575. The molecule has 2 rings (SSSR count). The molecule has 104 valence electrons. The quantitative estimate of drug-likeness (QED) is 0.855. The molecule has 4 nitrogen and oxygen atoms in total. The van der Waals surface area contributed by atoms with Crippen LogP contribution in [0.3, 0.4) is 0 Å². The Hall–Kier alpha value is -1.62. The van der Waals surface area contributed by atoms with Crippen molar-refractivity contribution in [3.63, 3.8) is 0 Å². The highest BCUT2D eigenvalue weighted by Crippen LogP contribution is 2.28. The summed E-state index contributed by atoms with van der Waals surface area (Å²) in [4.78, 5) is 14.2. The highest BCUT2D eigenvalue weighted by molar-refractivity contribution is 5.97. The van der Waals surface area contributed by atoms with Crippen LogP contribution in [0.5, 0.6) is 5.75 Å². The number of carbonyl (C=O) groups is 1. The van der Waals surface area contributed by atoms with Gasteiger partial charge in [-0.05, 0) is 44.4 Å². The first-order valence-corrected chi connectivity index (χ1v) is 6.63. The third-order valence-electron chi connectivity index (χ3n) is 3.57. The Morgan fingerprint density at radius 3 is 2.74 bits per heavy atom. The van der Waals surface area contributed by atoms with Crippen molar-refractivity contribution in [3.8, 4) is 5.75 Å². The third kappa shape index (κ3) is 3.04. The maximum absolute atomic E-state index is 12.9. The number of carbonyl (C=O) groups excluding carboxylic acids is 1.